The molecule has 0 aromatic heterocycles. The van der Waals surface area contributed by atoms with Crippen LogP contribution in [0.25, 0.3) is 0 Å². The molecular formula is C35H35Cl2N3O4S. The summed E-state index contributed by atoms with van der Waals surface area (Å²) in [5.74, 6) is -0.863. The number of halogens is 2. The zero-order valence-electron chi connectivity index (χ0n) is 24.7. The number of carbonyl (C=O) groups is 2. The highest BCUT2D eigenvalue weighted by Crippen LogP contribution is 2.31. The van der Waals surface area contributed by atoms with Crippen LogP contribution < -0.4 is 9.62 Å². The number of amides is 2. The van der Waals surface area contributed by atoms with Crippen molar-refractivity contribution in [2.24, 2.45) is 0 Å². The molecule has 0 saturated heterocycles. The van der Waals surface area contributed by atoms with Crippen LogP contribution in [0.5, 0.6) is 0 Å². The summed E-state index contributed by atoms with van der Waals surface area (Å²) in [6.07, 6.45) is 4.03. The molecule has 10 heteroatoms. The Kier molecular flexibility index (Phi) is 10.8. The second-order valence-corrected chi connectivity index (χ2v) is 13.8. The second-order valence-electron chi connectivity index (χ2n) is 11.1. The summed E-state index contributed by atoms with van der Waals surface area (Å²) in [4.78, 5) is 30.1. The highest BCUT2D eigenvalue weighted by atomic mass is 35.5. The number of para-hydroxylation sites is 1. The monoisotopic (exact) mass is 663 g/mol. The van der Waals surface area contributed by atoms with Crippen LogP contribution >= 0.6 is 23.2 Å². The molecule has 1 fully saturated rings. The van der Waals surface area contributed by atoms with Crippen LogP contribution in [0.15, 0.2) is 114 Å². The molecule has 0 bridgehead atoms. The molecule has 7 nitrogen and oxygen atoms in total. The molecule has 1 atom stereocenters. The van der Waals surface area contributed by atoms with Crippen LogP contribution in [0.1, 0.15) is 36.8 Å². The minimum Gasteiger partial charge on any atom is -0.352 e. The van der Waals surface area contributed by atoms with Gasteiger partial charge in [-0.25, -0.2) is 8.42 Å². The first-order valence-corrected chi connectivity index (χ1v) is 17.1. The molecule has 0 spiro atoms. The lowest BCUT2D eigenvalue weighted by Crippen LogP contribution is -2.54. The average Bonchev–Trinajstić information content (AvgIpc) is 3.56. The summed E-state index contributed by atoms with van der Waals surface area (Å²) in [5, 5.41) is 3.77. The molecule has 1 N–H and O–H groups in total. The molecule has 4 aromatic rings. The van der Waals surface area contributed by atoms with Gasteiger partial charge in [-0.2, -0.15) is 0 Å². The number of rotatable bonds is 12. The number of hydrogen-bond donors (Lipinski definition) is 1. The molecule has 1 saturated carbocycles. The third-order valence-corrected chi connectivity index (χ3v) is 10.5. The molecule has 5 rings (SSSR count). The van der Waals surface area contributed by atoms with E-state index in [1.54, 1.807) is 60.7 Å². The van der Waals surface area contributed by atoms with Gasteiger partial charge >= 0.3 is 0 Å². The van der Waals surface area contributed by atoms with Gasteiger partial charge in [0.05, 0.1) is 15.6 Å². The van der Waals surface area contributed by atoms with E-state index in [2.05, 4.69) is 5.32 Å². The molecule has 4 aromatic carbocycles. The first kappa shape index (κ1) is 32.5. The lowest BCUT2D eigenvalue weighted by atomic mass is 10.0. The molecule has 0 aliphatic heterocycles. The van der Waals surface area contributed by atoms with Crippen LogP contribution in [0.2, 0.25) is 10.0 Å². The number of nitrogens with one attached hydrogen (secondary N) is 1. The van der Waals surface area contributed by atoms with Gasteiger partial charge in [-0.15, -0.1) is 0 Å². The molecule has 1 aliphatic rings. The van der Waals surface area contributed by atoms with E-state index in [0.29, 0.717) is 10.6 Å². The Bertz CT molecular complexity index is 1720. The van der Waals surface area contributed by atoms with Crippen molar-refractivity contribution >= 4 is 50.7 Å². The summed E-state index contributed by atoms with van der Waals surface area (Å²) in [7, 11) is -4.23. The minimum atomic E-state index is -4.23. The average molecular weight is 665 g/mol. The standard InChI is InChI=1S/C35H35Cl2N3O4S/c36-30-20-10-7-15-27(30)24-39(33(23-26-13-3-1-4-14-26)35(42)38-28-16-8-9-17-28)34(41)25-40(32-22-12-11-21-31(32)37)45(43,44)29-18-5-2-6-19-29/h1-7,10-15,18-22,28,33H,8-9,16-17,23-25H2,(H,38,42)/t33-/m1/s1. The third-order valence-electron chi connectivity index (χ3n) is 8.00. The normalized spacial score (nSPS) is 14.1. The first-order chi connectivity index (χ1) is 21.7. The number of anilines is 1. The lowest BCUT2D eigenvalue weighted by molar-refractivity contribution is -0.140. The highest BCUT2D eigenvalue weighted by Gasteiger charge is 2.36. The van der Waals surface area contributed by atoms with Crippen molar-refractivity contribution in [3.63, 3.8) is 0 Å². The maximum atomic E-state index is 14.6. The number of benzene rings is 4. The summed E-state index contributed by atoms with van der Waals surface area (Å²) < 4.78 is 29.2. The molecule has 234 valence electrons. The summed E-state index contributed by atoms with van der Waals surface area (Å²) >= 11 is 13.1. The van der Waals surface area contributed by atoms with Crippen molar-refractivity contribution in [1.82, 2.24) is 10.2 Å². The Balaban J connectivity index is 1.57. The van der Waals surface area contributed by atoms with E-state index in [4.69, 9.17) is 23.2 Å². The maximum absolute atomic E-state index is 14.6. The molecule has 0 unspecified atom stereocenters. The van der Waals surface area contributed by atoms with E-state index >= 15 is 0 Å². The van der Waals surface area contributed by atoms with Crippen molar-refractivity contribution in [3.05, 3.63) is 130 Å². The van der Waals surface area contributed by atoms with Crippen LogP contribution in [0, 0.1) is 0 Å². The van der Waals surface area contributed by atoms with Gasteiger partial charge in [-0.3, -0.25) is 13.9 Å². The van der Waals surface area contributed by atoms with Gasteiger partial charge < -0.3 is 10.2 Å². The van der Waals surface area contributed by atoms with Crippen LogP contribution in [0.4, 0.5) is 5.69 Å². The predicted octanol–water partition coefficient (Wildman–Crippen LogP) is 6.89. The van der Waals surface area contributed by atoms with Crippen LogP contribution in [0.3, 0.4) is 0 Å². The fourth-order valence-electron chi connectivity index (χ4n) is 5.62. The van der Waals surface area contributed by atoms with Gasteiger partial charge in [0, 0.05) is 24.0 Å². The van der Waals surface area contributed by atoms with Crippen molar-refractivity contribution in [1.29, 1.82) is 0 Å². The van der Waals surface area contributed by atoms with Crippen LogP contribution in [-0.4, -0.2) is 43.8 Å². The van der Waals surface area contributed by atoms with Gasteiger partial charge in [-0.1, -0.05) is 115 Å². The van der Waals surface area contributed by atoms with Gasteiger partial charge in [0.1, 0.15) is 12.6 Å². The number of hydrogen-bond acceptors (Lipinski definition) is 4. The fourth-order valence-corrected chi connectivity index (χ4v) is 7.56. The minimum absolute atomic E-state index is 0.00413. The second kappa shape index (κ2) is 15.0. The fraction of sp³-hybridized carbons (Fsp3) is 0.257. The van der Waals surface area contributed by atoms with Crippen molar-refractivity contribution in [3.8, 4) is 0 Å². The van der Waals surface area contributed by atoms with Crippen molar-refractivity contribution in [2.75, 3.05) is 10.8 Å². The van der Waals surface area contributed by atoms with Crippen molar-refractivity contribution in [2.45, 2.75) is 55.6 Å². The Morgan fingerprint density at radius 3 is 2.00 bits per heavy atom. The lowest BCUT2D eigenvalue weighted by Gasteiger charge is -2.34. The third kappa shape index (κ3) is 8.06. The number of sulfonamides is 1. The highest BCUT2D eigenvalue weighted by molar-refractivity contribution is 7.92. The Morgan fingerprint density at radius 2 is 1.36 bits per heavy atom. The summed E-state index contributed by atoms with van der Waals surface area (Å²) in [5.41, 5.74) is 1.65. The zero-order valence-corrected chi connectivity index (χ0v) is 27.0. The predicted molar refractivity (Wildman–Crippen MR) is 179 cm³/mol. The van der Waals surface area contributed by atoms with E-state index in [0.717, 1.165) is 35.6 Å². The SMILES string of the molecule is O=C(NC1CCCC1)[C@@H](Cc1ccccc1)N(Cc1ccccc1Cl)C(=O)CN(c1ccccc1Cl)S(=O)(=O)c1ccccc1. The van der Waals surface area contributed by atoms with Gasteiger partial charge in [0.15, 0.2) is 0 Å². The van der Waals surface area contributed by atoms with Gasteiger partial charge in [0.2, 0.25) is 11.8 Å². The van der Waals surface area contributed by atoms with Gasteiger partial charge in [0.25, 0.3) is 10.0 Å². The topological polar surface area (TPSA) is 86.8 Å². The van der Waals surface area contributed by atoms with E-state index in [9.17, 15) is 18.0 Å². The number of carbonyl (C=O) groups excluding carboxylic acids is 2. The summed E-state index contributed by atoms with van der Waals surface area (Å²) in [6.45, 7) is -0.594. The largest absolute Gasteiger partial charge is 0.352 e. The van der Waals surface area contributed by atoms with Crippen LogP contribution in [-0.2, 0) is 32.6 Å². The Morgan fingerprint density at radius 1 is 0.778 bits per heavy atom. The molecular weight excluding hydrogens is 629 g/mol. The molecule has 0 heterocycles. The first-order valence-electron chi connectivity index (χ1n) is 14.9. The Labute approximate surface area is 274 Å². The van der Waals surface area contributed by atoms with E-state index in [1.807, 2.05) is 36.4 Å². The molecule has 1 aliphatic carbocycles. The molecule has 45 heavy (non-hydrogen) atoms. The van der Waals surface area contributed by atoms with Gasteiger partial charge in [-0.05, 0) is 54.3 Å². The van der Waals surface area contributed by atoms with E-state index < -0.39 is 28.5 Å². The smallest absolute Gasteiger partial charge is 0.264 e. The summed E-state index contributed by atoms with van der Waals surface area (Å²) in [6, 6.07) is 30.0. The maximum Gasteiger partial charge on any atom is 0.264 e. The Hall–Kier alpha value is -3.85. The molecule has 0 radical (unpaired) electrons. The van der Waals surface area contributed by atoms with E-state index in [-0.39, 0.29) is 40.5 Å². The van der Waals surface area contributed by atoms with Crippen molar-refractivity contribution < 1.29 is 18.0 Å². The number of nitrogens with zero attached hydrogens (tertiary/aromatic N) is 2. The quantitative estimate of drug-likeness (QED) is 0.179. The zero-order chi connectivity index (χ0) is 31.8. The van der Waals surface area contributed by atoms with E-state index in [1.165, 1.54) is 17.0 Å². The molecule has 2 amide bonds.